The van der Waals surface area contributed by atoms with Gasteiger partial charge in [-0.3, -0.25) is 4.79 Å². The lowest BCUT2D eigenvalue weighted by atomic mass is 9.63. The van der Waals surface area contributed by atoms with Crippen LogP contribution < -0.4 is 0 Å². The van der Waals surface area contributed by atoms with Gasteiger partial charge in [0.15, 0.2) is 0 Å². The Morgan fingerprint density at radius 3 is 2.18 bits per heavy atom. The highest BCUT2D eigenvalue weighted by Crippen LogP contribution is 2.45. The van der Waals surface area contributed by atoms with Crippen molar-refractivity contribution in [3.8, 4) is 0 Å². The number of nitrogens with zero attached hydrogens (tertiary/aromatic N) is 2. The molecule has 1 amide bonds. The van der Waals surface area contributed by atoms with E-state index >= 15 is 0 Å². The van der Waals surface area contributed by atoms with Crippen LogP contribution >= 0.6 is 0 Å². The lowest BCUT2D eigenvalue weighted by molar-refractivity contribution is -0.142. The average molecular weight is 402 g/mol. The second-order valence-electron chi connectivity index (χ2n) is 7.46. The summed E-state index contributed by atoms with van der Waals surface area (Å²) in [6.45, 7) is 1.13. The maximum atomic E-state index is 13.4. The molecule has 0 bridgehead atoms. The second-order valence-corrected chi connectivity index (χ2v) is 9.39. The standard InChI is InChI=1S/C21H23FN2O3S/c22-18-8-4-9-19(16-18)28(26,27)24-14-12-23(13-15-24)20(25)21(10-5-11-21)17-6-2-1-3-7-17/h1-4,6-9,16H,5,10-15H2. The van der Waals surface area contributed by atoms with Gasteiger partial charge in [-0.1, -0.05) is 42.8 Å². The Labute approximate surface area is 164 Å². The first kappa shape index (κ1) is 19.1. The minimum absolute atomic E-state index is 0.0491. The zero-order valence-electron chi connectivity index (χ0n) is 15.6. The lowest BCUT2D eigenvalue weighted by Crippen LogP contribution is -2.57. The largest absolute Gasteiger partial charge is 0.339 e. The Bertz CT molecular complexity index is 966. The Morgan fingerprint density at radius 2 is 1.61 bits per heavy atom. The van der Waals surface area contributed by atoms with Crippen molar-refractivity contribution in [1.82, 2.24) is 9.21 Å². The predicted molar refractivity (Wildman–Crippen MR) is 104 cm³/mol. The zero-order chi connectivity index (χ0) is 19.8. The molecule has 1 saturated heterocycles. The van der Waals surface area contributed by atoms with E-state index < -0.39 is 21.3 Å². The fourth-order valence-electron chi connectivity index (χ4n) is 4.12. The number of rotatable bonds is 4. The highest BCUT2D eigenvalue weighted by Gasteiger charge is 2.48. The van der Waals surface area contributed by atoms with Gasteiger partial charge in [0.2, 0.25) is 15.9 Å². The number of hydrogen-bond donors (Lipinski definition) is 0. The lowest BCUT2D eigenvalue weighted by Gasteiger charge is -2.45. The molecule has 5 nitrogen and oxygen atoms in total. The Kier molecular flexibility index (Phi) is 4.97. The van der Waals surface area contributed by atoms with Crippen molar-refractivity contribution in [2.24, 2.45) is 0 Å². The van der Waals surface area contributed by atoms with Crippen molar-refractivity contribution in [1.29, 1.82) is 0 Å². The Balaban J connectivity index is 1.48. The van der Waals surface area contributed by atoms with Crippen molar-refractivity contribution in [3.05, 3.63) is 66.0 Å². The molecule has 0 aromatic heterocycles. The van der Waals surface area contributed by atoms with Crippen molar-refractivity contribution in [2.45, 2.75) is 29.6 Å². The molecule has 2 aromatic carbocycles. The van der Waals surface area contributed by atoms with E-state index in [0.717, 1.165) is 30.9 Å². The van der Waals surface area contributed by atoms with E-state index in [1.54, 1.807) is 4.90 Å². The number of sulfonamides is 1. The molecule has 1 aliphatic heterocycles. The van der Waals surface area contributed by atoms with Crippen LogP contribution in [0.2, 0.25) is 0 Å². The van der Waals surface area contributed by atoms with Gasteiger partial charge in [-0.05, 0) is 36.6 Å². The van der Waals surface area contributed by atoms with Crippen LogP contribution in [0.15, 0.2) is 59.5 Å². The van der Waals surface area contributed by atoms with Gasteiger partial charge >= 0.3 is 0 Å². The third-order valence-electron chi connectivity index (χ3n) is 5.90. The number of amides is 1. The summed E-state index contributed by atoms with van der Waals surface area (Å²) in [5, 5.41) is 0. The molecule has 1 aliphatic carbocycles. The first-order chi connectivity index (χ1) is 13.4. The molecule has 2 aromatic rings. The van der Waals surface area contributed by atoms with Crippen LogP contribution in [0.5, 0.6) is 0 Å². The third-order valence-corrected chi connectivity index (χ3v) is 7.80. The summed E-state index contributed by atoms with van der Waals surface area (Å²) in [6.07, 6.45) is 2.68. The Hall–Kier alpha value is -2.25. The van der Waals surface area contributed by atoms with Crippen LogP contribution in [-0.2, 0) is 20.2 Å². The van der Waals surface area contributed by atoms with Crippen LogP contribution in [0.4, 0.5) is 4.39 Å². The van der Waals surface area contributed by atoms with Gasteiger partial charge in [-0.15, -0.1) is 0 Å². The Morgan fingerprint density at radius 1 is 0.929 bits per heavy atom. The normalized spacial score (nSPS) is 19.8. The molecule has 148 valence electrons. The van der Waals surface area contributed by atoms with Crippen LogP contribution in [0, 0.1) is 5.82 Å². The van der Waals surface area contributed by atoms with Gasteiger partial charge in [-0.25, -0.2) is 12.8 Å². The monoisotopic (exact) mass is 402 g/mol. The van der Waals surface area contributed by atoms with E-state index in [0.29, 0.717) is 13.1 Å². The number of carbonyl (C=O) groups excluding carboxylic acids is 1. The minimum atomic E-state index is -3.76. The maximum absolute atomic E-state index is 13.4. The molecule has 1 saturated carbocycles. The second kappa shape index (κ2) is 7.29. The quantitative estimate of drug-likeness (QED) is 0.790. The van der Waals surface area contributed by atoms with E-state index in [4.69, 9.17) is 0 Å². The number of hydrogen-bond acceptors (Lipinski definition) is 3. The summed E-state index contributed by atoms with van der Waals surface area (Å²) in [5.74, 6) is -0.488. The smallest absolute Gasteiger partial charge is 0.243 e. The summed E-state index contributed by atoms with van der Waals surface area (Å²) in [7, 11) is -3.76. The average Bonchev–Trinajstić information content (AvgIpc) is 2.68. The molecule has 0 N–H and O–H groups in total. The van der Waals surface area contributed by atoms with Crippen LogP contribution in [0.25, 0.3) is 0 Å². The number of carbonyl (C=O) groups is 1. The van der Waals surface area contributed by atoms with Gasteiger partial charge in [0, 0.05) is 26.2 Å². The van der Waals surface area contributed by atoms with Gasteiger partial charge in [0.05, 0.1) is 10.3 Å². The van der Waals surface area contributed by atoms with Gasteiger partial charge in [0.1, 0.15) is 5.82 Å². The molecule has 28 heavy (non-hydrogen) atoms. The third kappa shape index (κ3) is 3.22. The van der Waals surface area contributed by atoms with Crippen LogP contribution in [0.1, 0.15) is 24.8 Å². The summed E-state index contributed by atoms with van der Waals surface area (Å²) in [4.78, 5) is 15.0. The molecule has 0 unspecified atom stereocenters. The maximum Gasteiger partial charge on any atom is 0.243 e. The molecule has 1 heterocycles. The molecule has 0 radical (unpaired) electrons. The molecule has 2 fully saturated rings. The topological polar surface area (TPSA) is 57.7 Å². The molecule has 4 rings (SSSR count). The van der Waals surface area contributed by atoms with Gasteiger partial charge in [-0.2, -0.15) is 4.31 Å². The summed E-state index contributed by atoms with van der Waals surface area (Å²) >= 11 is 0. The summed E-state index contributed by atoms with van der Waals surface area (Å²) < 4.78 is 40.3. The van der Waals surface area contributed by atoms with E-state index in [1.807, 2.05) is 30.3 Å². The predicted octanol–water partition coefficient (Wildman–Crippen LogP) is 2.78. The summed E-state index contributed by atoms with van der Waals surface area (Å²) in [6, 6.07) is 14.9. The molecular weight excluding hydrogens is 379 g/mol. The molecule has 2 aliphatic rings. The van der Waals surface area contributed by atoms with Gasteiger partial charge < -0.3 is 4.90 Å². The highest BCUT2D eigenvalue weighted by atomic mass is 32.2. The highest BCUT2D eigenvalue weighted by molar-refractivity contribution is 7.89. The van der Waals surface area contributed by atoms with E-state index in [9.17, 15) is 17.6 Å². The van der Waals surface area contributed by atoms with Crippen LogP contribution in [0.3, 0.4) is 0 Å². The number of halogens is 1. The molecule has 7 heteroatoms. The SMILES string of the molecule is O=C(N1CCN(S(=O)(=O)c2cccc(F)c2)CC1)C1(c2ccccc2)CCC1. The first-order valence-electron chi connectivity index (χ1n) is 9.54. The fraction of sp³-hybridized carbons (Fsp3) is 0.381. The van der Waals surface area contributed by atoms with E-state index in [2.05, 4.69) is 0 Å². The number of piperazine rings is 1. The van der Waals surface area contributed by atoms with E-state index in [-0.39, 0.29) is 23.9 Å². The van der Waals surface area contributed by atoms with Crippen molar-refractivity contribution < 1.29 is 17.6 Å². The van der Waals surface area contributed by atoms with E-state index in [1.165, 1.54) is 22.5 Å². The van der Waals surface area contributed by atoms with Crippen molar-refractivity contribution in [2.75, 3.05) is 26.2 Å². The minimum Gasteiger partial charge on any atom is -0.339 e. The van der Waals surface area contributed by atoms with Crippen LogP contribution in [-0.4, -0.2) is 49.7 Å². The molecule has 0 atom stereocenters. The molecular formula is C21H23FN2O3S. The molecule has 0 spiro atoms. The number of benzene rings is 2. The fourth-order valence-corrected chi connectivity index (χ4v) is 5.58. The van der Waals surface area contributed by atoms with Crippen molar-refractivity contribution in [3.63, 3.8) is 0 Å². The summed E-state index contributed by atoms with van der Waals surface area (Å²) in [5.41, 5.74) is 0.575. The zero-order valence-corrected chi connectivity index (χ0v) is 16.4. The first-order valence-corrected chi connectivity index (χ1v) is 11.0. The van der Waals surface area contributed by atoms with Crippen molar-refractivity contribution >= 4 is 15.9 Å². The van der Waals surface area contributed by atoms with Gasteiger partial charge in [0.25, 0.3) is 0 Å².